The average Bonchev–Trinajstić information content (AvgIpc) is 3.02. The molecule has 1 aliphatic rings. The number of ketones is 1. The lowest BCUT2D eigenvalue weighted by Gasteiger charge is -2.14. The third-order valence-electron chi connectivity index (χ3n) is 4.05. The molecule has 0 aromatic heterocycles. The molecular formula is C19H17NO2. The van der Waals surface area contributed by atoms with Crippen LogP contribution in [0.3, 0.4) is 0 Å². The van der Waals surface area contributed by atoms with Crippen LogP contribution in [-0.2, 0) is 12.8 Å². The molecule has 1 unspecified atom stereocenters. The largest absolute Gasteiger partial charge is 0.483 e. The van der Waals surface area contributed by atoms with Crippen molar-refractivity contribution in [3.05, 3.63) is 64.7 Å². The van der Waals surface area contributed by atoms with E-state index in [4.69, 9.17) is 10.00 Å². The van der Waals surface area contributed by atoms with Crippen LogP contribution in [0.15, 0.2) is 42.5 Å². The Morgan fingerprint density at radius 1 is 1.14 bits per heavy atom. The van der Waals surface area contributed by atoms with Gasteiger partial charge in [0, 0.05) is 5.56 Å². The lowest BCUT2D eigenvalue weighted by molar-refractivity contribution is 0.0818. The third kappa shape index (κ3) is 2.87. The molecule has 1 aliphatic carbocycles. The Kier molecular flexibility index (Phi) is 3.93. The molecule has 0 N–H and O–H groups in total. The van der Waals surface area contributed by atoms with Crippen molar-refractivity contribution in [3.8, 4) is 11.8 Å². The zero-order valence-electron chi connectivity index (χ0n) is 12.5. The molecule has 2 aromatic rings. The predicted octanol–water partition coefficient (Wildman–Crippen LogP) is 3.70. The molecule has 0 bridgehead atoms. The first-order valence-electron chi connectivity index (χ1n) is 7.50. The Morgan fingerprint density at radius 2 is 1.86 bits per heavy atom. The summed E-state index contributed by atoms with van der Waals surface area (Å²) in [6, 6.07) is 14.8. The first kappa shape index (κ1) is 14.3. The van der Waals surface area contributed by atoms with Crippen LogP contribution in [0.4, 0.5) is 0 Å². The normalized spacial score (nSPS) is 14.0. The van der Waals surface area contributed by atoms with Gasteiger partial charge in [-0.05, 0) is 67.6 Å². The number of carbonyl (C=O) groups is 1. The minimum atomic E-state index is -0.549. The number of rotatable bonds is 4. The Bertz CT molecular complexity index is 741. The van der Waals surface area contributed by atoms with Gasteiger partial charge >= 0.3 is 0 Å². The lowest BCUT2D eigenvalue weighted by Crippen LogP contribution is -2.24. The van der Waals surface area contributed by atoms with Crippen LogP contribution >= 0.6 is 0 Å². The molecule has 22 heavy (non-hydrogen) atoms. The summed E-state index contributed by atoms with van der Waals surface area (Å²) >= 11 is 0. The first-order chi connectivity index (χ1) is 10.7. The van der Waals surface area contributed by atoms with E-state index in [0.29, 0.717) is 16.9 Å². The number of aryl methyl sites for hydroxylation is 2. The molecule has 3 nitrogen and oxygen atoms in total. The second kappa shape index (κ2) is 6.03. The second-order valence-corrected chi connectivity index (χ2v) is 5.60. The SMILES string of the molecule is CC(Oc1ccc(C#N)cc1)C(=O)c1ccc2c(c1)CCC2. The van der Waals surface area contributed by atoms with Crippen molar-refractivity contribution in [1.82, 2.24) is 0 Å². The lowest BCUT2D eigenvalue weighted by atomic mass is 10.0. The third-order valence-corrected chi connectivity index (χ3v) is 4.05. The van der Waals surface area contributed by atoms with Gasteiger partial charge in [-0.3, -0.25) is 4.79 Å². The van der Waals surface area contributed by atoms with Gasteiger partial charge in [0.25, 0.3) is 0 Å². The van der Waals surface area contributed by atoms with Crippen LogP contribution in [0, 0.1) is 11.3 Å². The number of ether oxygens (including phenoxy) is 1. The fourth-order valence-electron chi connectivity index (χ4n) is 2.83. The molecule has 2 aromatic carbocycles. The van der Waals surface area contributed by atoms with E-state index >= 15 is 0 Å². The fraction of sp³-hybridized carbons (Fsp3) is 0.263. The Balaban J connectivity index is 1.72. The van der Waals surface area contributed by atoms with Crippen molar-refractivity contribution in [2.45, 2.75) is 32.3 Å². The van der Waals surface area contributed by atoms with E-state index < -0.39 is 6.10 Å². The molecule has 0 fully saturated rings. The highest BCUT2D eigenvalue weighted by molar-refractivity contribution is 5.99. The van der Waals surface area contributed by atoms with E-state index in [1.54, 1.807) is 31.2 Å². The van der Waals surface area contributed by atoms with Gasteiger partial charge in [-0.1, -0.05) is 12.1 Å². The van der Waals surface area contributed by atoms with Crippen LogP contribution in [0.5, 0.6) is 5.75 Å². The summed E-state index contributed by atoms with van der Waals surface area (Å²) in [5, 5.41) is 8.78. The van der Waals surface area contributed by atoms with Crippen LogP contribution in [0.25, 0.3) is 0 Å². The van der Waals surface area contributed by atoms with Crippen molar-refractivity contribution < 1.29 is 9.53 Å². The van der Waals surface area contributed by atoms with Crippen molar-refractivity contribution in [3.63, 3.8) is 0 Å². The van der Waals surface area contributed by atoms with Gasteiger partial charge in [0.05, 0.1) is 11.6 Å². The number of fused-ring (bicyclic) bond motifs is 1. The summed E-state index contributed by atoms with van der Waals surface area (Å²) in [5.41, 5.74) is 3.93. The molecule has 110 valence electrons. The highest BCUT2D eigenvalue weighted by atomic mass is 16.5. The van der Waals surface area contributed by atoms with Gasteiger partial charge in [-0.15, -0.1) is 0 Å². The fourth-order valence-corrected chi connectivity index (χ4v) is 2.83. The van der Waals surface area contributed by atoms with Gasteiger partial charge in [-0.25, -0.2) is 0 Å². The van der Waals surface area contributed by atoms with Gasteiger partial charge in [0.2, 0.25) is 5.78 Å². The molecule has 0 saturated heterocycles. The highest BCUT2D eigenvalue weighted by Gasteiger charge is 2.19. The molecule has 0 heterocycles. The summed E-state index contributed by atoms with van der Waals surface area (Å²) < 4.78 is 5.69. The van der Waals surface area contributed by atoms with E-state index in [1.165, 1.54) is 17.5 Å². The van der Waals surface area contributed by atoms with E-state index in [9.17, 15) is 4.79 Å². The second-order valence-electron chi connectivity index (χ2n) is 5.60. The van der Waals surface area contributed by atoms with E-state index in [2.05, 4.69) is 12.1 Å². The monoisotopic (exact) mass is 291 g/mol. The quantitative estimate of drug-likeness (QED) is 0.807. The van der Waals surface area contributed by atoms with Crippen LogP contribution in [-0.4, -0.2) is 11.9 Å². The number of nitriles is 1. The van der Waals surface area contributed by atoms with Crippen molar-refractivity contribution in [2.24, 2.45) is 0 Å². The Hall–Kier alpha value is -2.60. The van der Waals surface area contributed by atoms with Crippen molar-refractivity contribution >= 4 is 5.78 Å². The average molecular weight is 291 g/mol. The zero-order valence-corrected chi connectivity index (χ0v) is 12.5. The maximum atomic E-state index is 12.5. The highest BCUT2D eigenvalue weighted by Crippen LogP contribution is 2.24. The summed E-state index contributed by atoms with van der Waals surface area (Å²) in [5.74, 6) is 0.583. The van der Waals surface area contributed by atoms with Gasteiger partial charge in [0.1, 0.15) is 5.75 Å². The van der Waals surface area contributed by atoms with Gasteiger partial charge in [0.15, 0.2) is 6.10 Å². The van der Waals surface area contributed by atoms with Gasteiger partial charge < -0.3 is 4.74 Å². The van der Waals surface area contributed by atoms with Crippen LogP contribution in [0.2, 0.25) is 0 Å². The van der Waals surface area contributed by atoms with Crippen LogP contribution in [0.1, 0.15) is 40.4 Å². The summed E-state index contributed by atoms with van der Waals surface area (Å²) in [6.45, 7) is 1.76. The molecular weight excluding hydrogens is 274 g/mol. The van der Waals surface area contributed by atoms with Crippen molar-refractivity contribution in [2.75, 3.05) is 0 Å². The summed E-state index contributed by atoms with van der Waals surface area (Å²) in [6.07, 6.45) is 2.79. The molecule has 0 aliphatic heterocycles. The number of hydrogen-bond donors (Lipinski definition) is 0. The first-order valence-corrected chi connectivity index (χ1v) is 7.50. The van der Waals surface area contributed by atoms with E-state index in [1.807, 2.05) is 12.1 Å². The number of Topliss-reactive ketones (excluding diaryl/α,β-unsaturated/α-hetero) is 1. The number of carbonyl (C=O) groups excluding carboxylic acids is 1. The summed E-state index contributed by atoms with van der Waals surface area (Å²) in [7, 11) is 0. The molecule has 3 rings (SSSR count). The van der Waals surface area contributed by atoms with E-state index in [-0.39, 0.29) is 5.78 Å². The summed E-state index contributed by atoms with van der Waals surface area (Å²) in [4.78, 5) is 12.5. The minimum Gasteiger partial charge on any atom is -0.483 e. The Morgan fingerprint density at radius 3 is 2.59 bits per heavy atom. The number of benzene rings is 2. The molecule has 0 spiro atoms. The predicted molar refractivity (Wildman–Crippen MR) is 84.0 cm³/mol. The minimum absolute atomic E-state index is 0.0148. The van der Waals surface area contributed by atoms with E-state index in [0.717, 1.165) is 12.8 Å². The van der Waals surface area contributed by atoms with Gasteiger partial charge in [-0.2, -0.15) is 5.26 Å². The molecule has 0 saturated carbocycles. The number of nitrogens with zero attached hydrogens (tertiary/aromatic N) is 1. The topological polar surface area (TPSA) is 50.1 Å². The molecule has 1 atom stereocenters. The molecule has 3 heteroatoms. The standard InChI is InChI=1S/C19H17NO2/c1-13(22-18-9-5-14(12-20)6-10-18)19(21)17-8-7-15-3-2-4-16(15)11-17/h5-11,13H,2-4H2,1H3. The zero-order chi connectivity index (χ0) is 15.5. The molecule has 0 radical (unpaired) electrons. The maximum Gasteiger partial charge on any atom is 0.203 e. The Labute approximate surface area is 130 Å². The maximum absolute atomic E-state index is 12.5. The van der Waals surface area contributed by atoms with Crippen molar-refractivity contribution in [1.29, 1.82) is 5.26 Å². The molecule has 0 amide bonds. The van der Waals surface area contributed by atoms with Crippen LogP contribution < -0.4 is 4.74 Å². The number of hydrogen-bond acceptors (Lipinski definition) is 3. The smallest absolute Gasteiger partial charge is 0.203 e.